The molecule has 0 spiro atoms. The van der Waals surface area contributed by atoms with E-state index in [1.165, 1.54) is 37.1 Å². The van der Waals surface area contributed by atoms with Crippen LogP contribution in [0.2, 0.25) is 0 Å². The SMILES string of the molecule is O=C(N=[N+]=Nc1ccc(-n2nc(C3CC3)cc2C2CC2)cc1)c1ccccc1. The minimum absolute atomic E-state index is 0.404. The van der Waals surface area contributed by atoms with Crippen LogP contribution >= 0.6 is 0 Å². The Morgan fingerprint density at radius 1 is 0.964 bits per heavy atom. The van der Waals surface area contributed by atoms with Gasteiger partial charge < -0.3 is 0 Å². The van der Waals surface area contributed by atoms with Crippen LogP contribution in [0.1, 0.15) is 59.3 Å². The first-order chi connectivity index (χ1) is 13.8. The minimum Gasteiger partial charge on any atom is -0.259 e. The first-order valence-electron chi connectivity index (χ1n) is 9.69. The molecule has 1 heterocycles. The van der Waals surface area contributed by atoms with Crippen molar-refractivity contribution >= 4 is 11.6 Å². The molecule has 2 fully saturated rings. The molecule has 0 atom stereocenters. The van der Waals surface area contributed by atoms with Crippen molar-refractivity contribution in [2.75, 3.05) is 0 Å². The van der Waals surface area contributed by atoms with Crippen LogP contribution in [-0.4, -0.2) is 15.7 Å². The molecular weight excluding hydrogens is 350 g/mol. The fraction of sp³-hybridized carbons (Fsp3) is 0.273. The van der Waals surface area contributed by atoms with Gasteiger partial charge in [-0.05, 0) is 68.1 Å². The molecule has 2 aromatic carbocycles. The third kappa shape index (κ3) is 3.55. The Labute approximate surface area is 162 Å². The Morgan fingerprint density at radius 2 is 1.68 bits per heavy atom. The second kappa shape index (κ2) is 6.98. The van der Waals surface area contributed by atoms with E-state index in [1.807, 2.05) is 30.3 Å². The van der Waals surface area contributed by atoms with Crippen molar-refractivity contribution in [3.05, 3.63) is 77.6 Å². The second-order valence-corrected chi connectivity index (χ2v) is 7.43. The van der Waals surface area contributed by atoms with E-state index in [-0.39, 0.29) is 0 Å². The van der Waals surface area contributed by atoms with Gasteiger partial charge in [0.25, 0.3) is 0 Å². The van der Waals surface area contributed by atoms with Gasteiger partial charge in [0, 0.05) is 23.1 Å². The Morgan fingerprint density at radius 3 is 2.36 bits per heavy atom. The zero-order chi connectivity index (χ0) is 18.9. The van der Waals surface area contributed by atoms with Gasteiger partial charge in [-0.1, -0.05) is 18.2 Å². The average Bonchev–Trinajstić information content (AvgIpc) is 3.67. The number of carbonyl (C=O) groups excluding carboxylic acids is 1. The van der Waals surface area contributed by atoms with Crippen molar-refractivity contribution in [2.45, 2.75) is 37.5 Å². The van der Waals surface area contributed by atoms with Gasteiger partial charge in [0.1, 0.15) is 0 Å². The molecule has 6 nitrogen and oxygen atoms in total. The first kappa shape index (κ1) is 16.8. The Bertz CT molecular complexity index is 1070. The maximum absolute atomic E-state index is 11.9. The summed E-state index contributed by atoms with van der Waals surface area (Å²) in [6.45, 7) is 0. The van der Waals surface area contributed by atoms with Crippen molar-refractivity contribution < 1.29 is 4.79 Å². The van der Waals surface area contributed by atoms with Gasteiger partial charge in [-0.2, -0.15) is 5.10 Å². The molecule has 0 saturated heterocycles. The monoisotopic (exact) mass is 370 g/mol. The fourth-order valence-electron chi connectivity index (χ4n) is 3.28. The highest BCUT2D eigenvalue weighted by Gasteiger charge is 2.32. The third-order valence-electron chi connectivity index (χ3n) is 5.16. The van der Waals surface area contributed by atoms with Crippen LogP contribution in [0.25, 0.3) is 5.69 Å². The van der Waals surface area contributed by atoms with Gasteiger partial charge in [0.05, 0.1) is 11.4 Å². The van der Waals surface area contributed by atoms with E-state index in [4.69, 9.17) is 5.10 Å². The van der Waals surface area contributed by atoms with Crippen LogP contribution in [-0.2, 0) is 0 Å². The smallest absolute Gasteiger partial charge is 0.259 e. The van der Waals surface area contributed by atoms with E-state index in [0.717, 1.165) is 5.69 Å². The number of aromatic nitrogens is 2. The minimum atomic E-state index is -0.404. The summed E-state index contributed by atoms with van der Waals surface area (Å²) in [5, 5.41) is 12.5. The number of hydrogen-bond donors (Lipinski definition) is 0. The van der Waals surface area contributed by atoms with Crippen LogP contribution in [0.5, 0.6) is 0 Å². The van der Waals surface area contributed by atoms with Gasteiger partial charge in [-0.25, -0.2) is 4.68 Å². The maximum atomic E-state index is 11.9. The normalized spacial score (nSPS) is 15.7. The predicted octanol–water partition coefficient (Wildman–Crippen LogP) is 5.07. The van der Waals surface area contributed by atoms with E-state index in [2.05, 4.69) is 25.9 Å². The van der Waals surface area contributed by atoms with E-state index < -0.39 is 5.91 Å². The lowest BCUT2D eigenvalue weighted by Crippen LogP contribution is -2.01. The van der Waals surface area contributed by atoms with Crippen molar-refractivity contribution in [3.8, 4) is 5.69 Å². The van der Waals surface area contributed by atoms with Gasteiger partial charge in [-0.3, -0.25) is 4.79 Å². The molecule has 138 valence electrons. The van der Waals surface area contributed by atoms with E-state index in [0.29, 0.717) is 23.1 Å². The molecule has 2 aliphatic carbocycles. The Balaban J connectivity index is 1.35. The van der Waals surface area contributed by atoms with Gasteiger partial charge in [0.2, 0.25) is 10.0 Å². The summed E-state index contributed by atoms with van der Waals surface area (Å²) in [6.07, 6.45) is 5.01. The standard InChI is InChI=1S/C22H20N5O/c28-22(17-4-2-1-3-5-17)24-26-23-18-10-12-19(13-11-18)27-21(16-8-9-16)14-20(25-27)15-6-7-15/h1-5,10-16H,6-9H2/q+1. The predicted molar refractivity (Wildman–Crippen MR) is 105 cm³/mol. The summed E-state index contributed by atoms with van der Waals surface area (Å²) >= 11 is 0. The lowest BCUT2D eigenvalue weighted by Gasteiger charge is -2.05. The van der Waals surface area contributed by atoms with E-state index >= 15 is 0 Å². The quantitative estimate of drug-likeness (QED) is 0.464. The molecule has 1 amide bonds. The summed E-state index contributed by atoms with van der Waals surface area (Å²) in [4.78, 5) is 15.6. The maximum Gasteiger partial charge on any atom is 0.360 e. The average molecular weight is 370 g/mol. The van der Waals surface area contributed by atoms with Crippen LogP contribution in [0.3, 0.4) is 0 Å². The fourth-order valence-corrected chi connectivity index (χ4v) is 3.28. The molecule has 5 rings (SSSR count). The Kier molecular flexibility index (Phi) is 4.18. The molecule has 0 bridgehead atoms. The van der Waals surface area contributed by atoms with Crippen molar-refractivity contribution in [1.82, 2.24) is 14.7 Å². The van der Waals surface area contributed by atoms with Crippen molar-refractivity contribution in [1.29, 1.82) is 0 Å². The number of nitrogens with zero attached hydrogens (tertiary/aromatic N) is 5. The highest BCUT2D eigenvalue weighted by atomic mass is 16.1. The molecule has 3 aromatic rings. The summed E-state index contributed by atoms with van der Waals surface area (Å²) in [5.41, 5.74) is 4.72. The van der Waals surface area contributed by atoms with Crippen molar-refractivity contribution in [3.63, 3.8) is 0 Å². The third-order valence-corrected chi connectivity index (χ3v) is 5.16. The largest absolute Gasteiger partial charge is 0.360 e. The molecule has 1 aromatic heterocycles. The highest BCUT2D eigenvalue weighted by Crippen LogP contribution is 2.45. The van der Waals surface area contributed by atoms with Gasteiger partial charge in [-0.15, -0.1) is 0 Å². The van der Waals surface area contributed by atoms with Crippen LogP contribution in [0.15, 0.2) is 70.9 Å². The van der Waals surface area contributed by atoms with Gasteiger partial charge in [0.15, 0.2) is 10.8 Å². The zero-order valence-corrected chi connectivity index (χ0v) is 15.4. The summed E-state index contributed by atoms with van der Waals surface area (Å²) < 4.78 is 2.08. The number of rotatable bonds is 5. The molecule has 6 heteroatoms. The number of amides is 1. The molecule has 0 unspecified atom stereocenters. The van der Waals surface area contributed by atoms with E-state index in [9.17, 15) is 4.79 Å². The molecule has 0 N–H and O–H groups in total. The molecule has 0 radical (unpaired) electrons. The summed E-state index contributed by atoms with van der Waals surface area (Å²) in [5.74, 6) is 0.886. The van der Waals surface area contributed by atoms with Crippen molar-refractivity contribution in [2.24, 2.45) is 10.2 Å². The first-order valence-corrected chi connectivity index (χ1v) is 9.69. The van der Waals surface area contributed by atoms with E-state index in [1.54, 1.807) is 24.3 Å². The number of hydrogen-bond acceptors (Lipinski definition) is 3. The summed E-state index contributed by atoms with van der Waals surface area (Å²) in [6, 6.07) is 18.8. The topological polar surface area (TPSA) is 73.7 Å². The number of benzene rings is 2. The molecule has 28 heavy (non-hydrogen) atoms. The summed E-state index contributed by atoms with van der Waals surface area (Å²) in [7, 11) is 0. The number of carbonyl (C=O) groups is 1. The molecule has 0 aliphatic heterocycles. The zero-order valence-electron chi connectivity index (χ0n) is 15.4. The molecule has 2 aliphatic rings. The molecule has 2 saturated carbocycles. The van der Waals surface area contributed by atoms with Gasteiger partial charge >= 0.3 is 5.91 Å². The second-order valence-electron chi connectivity index (χ2n) is 7.43. The lowest BCUT2D eigenvalue weighted by molar-refractivity contribution is 0.0992. The van der Waals surface area contributed by atoms with Crippen LogP contribution in [0.4, 0.5) is 5.69 Å². The van der Waals surface area contributed by atoms with Crippen LogP contribution < -0.4 is 4.91 Å². The Hall–Kier alpha value is -3.37. The van der Waals surface area contributed by atoms with Crippen LogP contribution in [0, 0.1) is 0 Å². The highest BCUT2D eigenvalue weighted by molar-refractivity contribution is 5.94. The molecular formula is C22H20N5O+. The lowest BCUT2D eigenvalue weighted by atomic mass is 10.2.